The fourth-order valence-corrected chi connectivity index (χ4v) is 13.1. The lowest BCUT2D eigenvalue weighted by atomic mass is 10.1. The van der Waals surface area contributed by atoms with Crippen LogP contribution in [0.3, 0.4) is 0 Å². The van der Waals surface area contributed by atoms with E-state index in [4.69, 9.17) is 15.0 Å². The molecule has 26 nitrogen and oxygen atoms in total. The number of fused-ring (bicyclic) bond motifs is 11. The maximum Gasteiger partial charge on any atom is 0.434 e. The zero-order valence-electron chi connectivity index (χ0n) is 43.9. The molecule has 8 bridgehead atoms. The van der Waals surface area contributed by atoms with Gasteiger partial charge in [0, 0.05) is 44.4 Å². The number of nitrogens with one attached hydrogen (secondary N) is 6. The van der Waals surface area contributed by atoms with E-state index in [0.29, 0.717) is 47.7 Å². The normalized spacial score (nSPS) is 17.5. The number of aliphatic hydroxyl groups is 2. The summed E-state index contributed by atoms with van der Waals surface area (Å²) < 4.78 is 1.27. The van der Waals surface area contributed by atoms with Gasteiger partial charge in [0.1, 0.15) is 100 Å². The number of carbonyl (C=O) groups excluding carboxylic acids is 6. The van der Waals surface area contributed by atoms with E-state index >= 15 is 0 Å². The van der Waals surface area contributed by atoms with Gasteiger partial charge in [-0.25, -0.2) is 39.5 Å². The first-order valence-corrected chi connectivity index (χ1v) is 30.0. The Balaban J connectivity index is 1.01. The van der Waals surface area contributed by atoms with Gasteiger partial charge in [0.25, 0.3) is 29.5 Å². The number of rotatable bonds is 12. The molecule has 0 saturated carbocycles. The third-order valence-corrected chi connectivity index (χ3v) is 17.5. The van der Waals surface area contributed by atoms with Gasteiger partial charge in [-0.05, 0) is 50.7 Å². The van der Waals surface area contributed by atoms with Gasteiger partial charge < -0.3 is 52.2 Å². The Morgan fingerprint density at radius 2 is 1.26 bits per heavy atom. The van der Waals surface area contributed by atoms with Gasteiger partial charge >= 0.3 is 5.95 Å². The van der Waals surface area contributed by atoms with Crippen LogP contribution in [0.15, 0.2) is 74.7 Å². The molecule has 8 N–H and O–H groups in total. The summed E-state index contributed by atoms with van der Waals surface area (Å²) in [5.41, 5.74) is 2.01. The zero-order chi connectivity index (χ0) is 58.5. The molecule has 82 heavy (non-hydrogen) atoms. The minimum atomic E-state index is -1.46. The molecule has 424 valence electrons. The maximum absolute atomic E-state index is 13.9. The van der Waals surface area contributed by atoms with E-state index in [2.05, 4.69) is 56.8 Å². The SMILES string of the molecule is C/C=C(\NC(=O)c1csc(-c2csc(-c3ccc4c(n3)-c3csc(n3)[C@H]([C@@H](C)O)NC(=O)c3csc(n3)[C@H](C(C)C)NC(=O)c3csc(n3)/C(=C/C)NC(=O)[C@H]([C@@H](C)O)NC(=O)c3csc-4n3)n2)n1)C(=O)NCCn1ccnc1[N+](=O)[O-]. The molecular weight excluding hydrogens is 1180 g/mol. The molecule has 0 radical (unpaired) electrons. The van der Waals surface area contributed by atoms with Crippen molar-refractivity contribution in [2.45, 2.75) is 78.4 Å². The minimum absolute atomic E-state index is 0.00623. The number of aliphatic hydroxyl groups excluding tert-OH is 2. The molecule has 0 aliphatic carbocycles. The first-order chi connectivity index (χ1) is 39.3. The van der Waals surface area contributed by atoms with Crippen LogP contribution >= 0.6 is 68.0 Å². The predicted octanol–water partition coefficient (Wildman–Crippen LogP) is 5.99. The summed E-state index contributed by atoms with van der Waals surface area (Å²) in [6.07, 6.45) is 3.14. The average Bonchev–Trinajstić information content (AvgIpc) is 4.49. The maximum atomic E-state index is 13.9. The third-order valence-electron chi connectivity index (χ3n) is 12.2. The number of nitrogens with zero attached hydrogens (tertiary/aromatic N) is 10. The highest BCUT2D eigenvalue weighted by Gasteiger charge is 2.32. The van der Waals surface area contributed by atoms with Gasteiger partial charge in [-0.2, -0.15) is 0 Å². The fourth-order valence-electron chi connectivity index (χ4n) is 7.90. The van der Waals surface area contributed by atoms with Crippen molar-refractivity contribution in [3.8, 4) is 43.4 Å². The van der Waals surface area contributed by atoms with Crippen molar-refractivity contribution in [2.75, 3.05) is 6.54 Å². The topological polar surface area (TPSA) is 366 Å². The van der Waals surface area contributed by atoms with Crippen molar-refractivity contribution >= 4 is 115 Å². The smallest absolute Gasteiger partial charge is 0.391 e. The van der Waals surface area contributed by atoms with Crippen LogP contribution in [-0.2, 0) is 16.1 Å². The first kappa shape index (κ1) is 58.4. The van der Waals surface area contributed by atoms with Crippen LogP contribution in [0.5, 0.6) is 0 Å². The molecule has 9 heterocycles. The Kier molecular flexibility index (Phi) is 18.0. The van der Waals surface area contributed by atoms with Crippen molar-refractivity contribution in [1.82, 2.24) is 76.3 Å². The standard InChI is InChI=1S/C50H48N16O10S6/c1-7-25(38(69)51-11-13-65-14-12-52-50(65)66(75)76)54-39(70)29-17-79-47(59-29)33-20-80-46(61-33)27-10-9-24-37(53-27)28-15-81-49(56-28)36(23(6)68)64-42(73)32-19-82-48(60-32)34(21(3)4)62-40(71)31-18-78-45(58-31)26(8-2)55-43(74)35(22(5)67)63-41(72)30-16-77-44(24)57-30/h7-10,12,14-23,34-36,67-68H,11,13H2,1-6H3,(H,51,69)(H,54,70)(H,55,74)(H,62,71)(H,63,72)(H,64,73)/b25-7-,26-8-/t22-,23-,34+,35+,36+/m1/s1. The number of amides is 6. The number of imidazole rings is 1. The van der Waals surface area contributed by atoms with Crippen LogP contribution < -0.4 is 31.9 Å². The monoisotopic (exact) mass is 1220 g/mol. The molecule has 9 rings (SSSR count). The summed E-state index contributed by atoms with van der Waals surface area (Å²) in [5, 5.41) is 61.2. The van der Waals surface area contributed by atoms with Crippen molar-refractivity contribution in [3.05, 3.63) is 123 Å². The number of hydrogen-bond acceptors (Lipinski definition) is 24. The van der Waals surface area contributed by atoms with E-state index in [-0.39, 0.29) is 69.8 Å². The van der Waals surface area contributed by atoms with E-state index in [1.807, 2.05) is 13.8 Å². The molecule has 5 atom stereocenters. The Morgan fingerprint density at radius 3 is 1.93 bits per heavy atom. The highest BCUT2D eigenvalue weighted by atomic mass is 32.1. The predicted molar refractivity (Wildman–Crippen MR) is 308 cm³/mol. The van der Waals surface area contributed by atoms with Crippen LogP contribution in [0, 0.1) is 16.0 Å². The molecule has 8 aromatic rings. The quantitative estimate of drug-likeness (QED) is 0.0395. The van der Waals surface area contributed by atoms with Gasteiger partial charge in [0.15, 0.2) is 0 Å². The molecule has 1 aliphatic heterocycles. The summed E-state index contributed by atoms with van der Waals surface area (Å²) in [6, 6.07) is 0.295. The second-order valence-electron chi connectivity index (χ2n) is 18.2. The molecule has 6 amide bonds. The Hall–Kier alpha value is -8.24. The van der Waals surface area contributed by atoms with E-state index in [1.54, 1.807) is 48.2 Å². The van der Waals surface area contributed by atoms with Gasteiger partial charge in [0.05, 0.1) is 36.2 Å². The van der Waals surface area contributed by atoms with Crippen LogP contribution in [0.2, 0.25) is 0 Å². The fraction of sp³-hybridized carbons (Fsp3) is 0.280. The van der Waals surface area contributed by atoms with Crippen molar-refractivity contribution in [3.63, 3.8) is 0 Å². The highest BCUT2D eigenvalue weighted by molar-refractivity contribution is 7.15. The second kappa shape index (κ2) is 25.3. The number of aromatic nitrogens is 9. The lowest BCUT2D eigenvalue weighted by Crippen LogP contribution is -2.52. The van der Waals surface area contributed by atoms with Crippen LogP contribution in [0.25, 0.3) is 49.1 Å². The van der Waals surface area contributed by atoms with Gasteiger partial charge in [-0.15, -0.1) is 68.0 Å². The van der Waals surface area contributed by atoms with E-state index in [9.17, 15) is 49.1 Å². The van der Waals surface area contributed by atoms with Crippen LogP contribution in [0.1, 0.15) is 111 Å². The average molecular weight is 1230 g/mol. The van der Waals surface area contributed by atoms with Crippen molar-refractivity contribution in [1.29, 1.82) is 0 Å². The van der Waals surface area contributed by atoms with E-state index in [0.717, 1.165) is 45.3 Å². The van der Waals surface area contributed by atoms with Gasteiger partial charge in [-0.1, -0.05) is 31.0 Å². The molecule has 32 heteroatoms. The first-order valence-electron chi connectivity index (χ1n) is 24.7. The molecule has 0 fully saturated rings. The molecule has 1 aliphatic rings. The number of carbonyl (C=O) groups is 6. The molecule has 0 unspecified atom stereocenters. The van der Waals surface area contributed by atoms with E-state index in [1.165, 1.54) is 75.7 Å². The zero-order valence-corrected chi connectivity index (χ0v) is 48.8. The number of thiazole rings is 6. The number of nitro groups is 1. The Bertz CT molecular complexity index is 3810. The van der Waals surface area contributed by atoms with Gasteiger partial charge in [0.2, 0.25) is 5.91 Å². The lowest BCUT2D eigenvalue weighted by molar-refractivity contribution is -0.396. The number of hydrogen-bond donors (Lipinski definition) is 8. The minimum Gasteiger partial charge on any atom is -0.391 e. The van der Waals surface area contributed by atoms with E-state index < -0.39 is 70.7 Å². The van der Waals surface area contributed by atoms with Crippen molar-refractivity contribution in [2.24, 2.45) is 5.92 Å². The summed E-state index contributed by atoms with van der Waals surface area (Å²) in [7, 11) is 0. The third kappa shape index (κ3) is 12.9. The lowest BCUT2D eigenvalue weighted by Gasteiger charge is -2.21. The Labute approximate surface area is 489 Å². The molecule has 0 saturated heterocycles. The second-order valence-corrected chi connectivity index (χ2v) is 23.5. The molecular formula is C50H48N16O10S6. The van der Waals surface area contributed by atoms with Crippen LogP contribution in [0.4, 0.5) is 5.95 Å². The largest absolute Gasteiger partial charge is 0.434 e. The number of pyridine rings is 1. The summed E-state index contributed by atoms with van der Waals surface area (Å²) in [6.45, 7) is 9.91. The molecule has 0 aromatic carbocycles. The molecule has 0 spiro atoms. The van der Waals surface area contributed by atoms with Gasteiger partial charge in [-0.3, -0.25) is 28.8 Å². The van der Waals surface area contributed by atoms with Crippen LogP contribution in [-0.4, -0.2) is 120 Å². The Morgan fingerprint density at radius 1 is 0.695 bits per heavy atom. The molecule has 8 aromatic heterocycles. The highest BCUT2D eigenvalue weighted by Crippen LogP contribution is 2.38. The van der Waals surface area contributed by atoms with Crippen molar-refractivity contribution < 1.29 is 43.9 Å². The summed E-state index contributed by atoms with van der Waals surface area (Å²) in [5.74, 6) is -4.53. The summed E-state index contributed by atoms with van der Waals surface area (Å²) >= 11 is 6.88. The summed E-state index contributed by atoms with van der Waals surface area (Å²) in [4.78, 5) is 129. The number of allylic oxidation sites excluding steroid dienone is 2.